The van der Waals surface area contributed by atoms with Gasteiger partial charge in [-0.15, -0.1) is 0 Å². The van der Waals surface area contributed by atoms with E-state index < -0.39 is 5.97 Å². The minimum atomic E-state index is -0.802. The van der Waals surface area contributed by atoms with Gasteiger partial charge >= 0.3 is 5.97 Å². The van der Waals surface area contributed by atoms with Gasteiger partial charge in [-0.25, -0.2) is 0 Å². The van der Waals surface area contributed by atoms with Gasteiger partial charge in [-0.1, -0.05) is 12.1 Å². The summed E-state index contributed by atoms with van der Waals surface area (Å²) in [7, 11) is 0. The van der Waals surface area contributed by atoms with Gasteiger partial charge in [0.1, 0.15) is 0 Å². The number of amides is 1. The summed E-state index contributed by atoms with van der Waals surface area (Å²) in [5.74, 6) is 0.705. The highest BCUT2D eigenvalue weighted by Gasteiger charge is 2.26. The molecule has 1 aromatic rings. The van der Waals surface area contributed by atoms with Crippen molar-refractivity contribution >= 4 is 11.9 Å². The van der Waals surface area contributed by atoms with Gasteiger partial charge in [-0.05, 0) is 51.2 Å². The normalized spacial score (nSPS) is 17.0. The predicted octanol–water partition coefficient (Wildman–Crippen LogP) is 3.49. The number of benzene rings is 1. The summed E-state index contributed by atoms with van der Waals surface area (Å²) in [6.45, 7) is 3.68. The Morgan fingerprint density at radius 3 is 2.58 bits per heavy atom. The van der Waals surface area contributed by atoms with Crippen molar-refractivity contribution in [1.29, 1.82) is 0 Å². The SMILES string of the molecule is CCOc1ccccc1OCCCC(=O)N1CCCCC1CCC(=O)O. The van der Waals surface area contributed by atoms with Gasteiger partial charge in [-0.2, -0.15) is 0 Å². The minimum absolute atomic E-state index is 0.0620. The van der Waals surface area contributed by atoms with E-state index in [-0.39, 0.29) is 18.4 Å². The number of aliphatic carboxylic acids is 1. The van der Waals surface area contributed by atoms with E-state index in [0.29, 0.717) is 44.0 Å². The molecule has 1 amide bonds. The van der Waals surface area contributed by atoms with E-state index in [1.54, 1.807) is 0 Å². The molecule has 1 saturated heterocycles. The molecule has 2 rings (SSSR count). The summed E-state index contributed by atoms with van der Waals surface area (Å²) < 4.78 is 11.3. The van der Waals surface area contributed by atoms with Crippen LogP contribution in [-0.4, -0.2) is 47.7 Å². The van der Waals surface area contributed by atoms with Crippen LogP contribution >= 0.6 is 0 Å². The molecule has 1 atom stereocenters. The Balaban J connectivity index is 1.77. The van der Waals surface area contributed by atoms with Gasteiger partial charge in [0.15, 0.2) is 11.5 Å². The Bertz CT molecular complexity index is 589. The van der Waals surface area contributed by atoms with Gasteiger partial charge < -0.3 is 19.5 Å². The molecule has 0 radical (unpaired) electrons. The number of likely N-dealkylation sites (tertiary alicyclic amines) is 1. The molecule has 1 fully saturated rings. The lowest BCUT2D eigenvalue weighted by Gasteiger charge is -2.35. The number of carboxylic acid groups (broad SMARTS) is 1. The van der Waals surface area contributed by atoms with Crippen molar-refractivity contribution in [3.63, 3.8) is 0 Å². The van der Waals surface area contributed by atoms with Crippen molar-refractivity contribution in [3.05, 3.63) is 24.3 Å². The molecule has 0 spiro atoms. The van der Waals surface area contributed by atoms with E-state index in [4.69, 9.17) is 14.6 Å². The number of rotatable bonds is 10. The third kappa shape index (κ3) is 6.24. The van der Waals surface area contributed by atoms with Gasteiger partial charge in [0.25, 0.3) is 0 Å². The zero-order chi connectivity index (χ0) is 18.8. The molecule has 26 heavy (non-hydrogen) atoms. The lowest BCUT2D eigenvalue weighted by molar-refractivity contribution is -0.140. The maximum atomic E-state index is 12.5. The highest BCUT2D eigenvalue weighted by atomic mass is 16.5. The smallest absolute Gasteiger partial charge is 0.303 e. The number of hydrogen-bond donors (Lipinski definition) is 1. The van der Waals surface area contributed by atoms with Gasteiger partial charge in [-0.3, -0.25) is 9.59 Å². The molecule has 1 N–H and O–H groups in total. The Morgan fingerprint density at radius 1 is 1.15 bits per heavy atom. The molecule has 0 aromatic heterocycles. The Hall–Kier alpha value is -2.24. The van der Waals surface area contributed by atoms with E-state index in [1.807, 2.05) is 36.1 Å². The van der Waals surface area contributed by atoms with Crippen LogP contribution in [0.5, 0.6) is 11.5 Å². The average molecular weight is 363 g/mol. The maximum Gasteiger partial charge on any atom is 0.303 e. The van der Waals surface area contributed by atoms with E-state index in [2.05, 4.69) is 0 Å². The Kier molecular flexibility index (Phi) is 8.25. The number of carbonyl (C=O) groups is 2. The first-order valence-corrected chi connectivity index (χ1v) is 9.47. The standard InChI is InChI=1S/C20H29NO5/c1-2-25-17-9-3-4-10-18(17)26-15-7-11-19(22)21-14-6-5-8-16(21)12-13-20(23)24/h3-4,9-10,16H,2,5-8,11-15H2,1H3,(H,23,24). The van der Waals surface area contributed by atoms with Gasteiger partial charge in [0, 0.05) is 25.4 Å². The second kappa shape index (κ2) is 10.7. The molecule has 6 heteroatoms. The van der Waals surface area contributed by atoms with Crippen molar-refractivity contribution in [1.82, 2.24) is 4.90 Å². The molecular weight excluding hydrogens is 334 g/mol. The van der Waals surface area contributed by atoms with Gasteiger partial charge in [0.05, 0.1) is 13.2 Å². The molecule has 1 aromatic carbocycles. The van der Waals surface area contributed by atoms with E-state index in [9.17, 15) is 9.59 Å². The van der Waals surface area contributed by atoms with Crippen LogP contribution in [0.15, 0.2) is 24.3 Å². The van der Waals surface area contributed by atoms with Crippen LogP contribution in [-0.2, 0) is 9.59 Å². The van der Waals surface area contributed by atoms with Crippen LogP contribution in [0.1, 0.15) is 51.9 Å². The third-order valence-corrected chi connectivity index (χ3v) is 4.58. The summed E-state index contributed by atoms with van der Waals surface area (Å²) in [6.07, 6.45) is 4.66. The van der Waals surface area contributed by atoms with Crippen LogP contribution in [0.3, 0.4) is 0 Å². The van der Waals surface area contributed by atoms with Crippen LogP contribution in [0.4, 0.5) is 0 Å². The summed E-state index contributed by atoms with van der Waals surface area (Å²) in [6, 6.07) is 7.58. The first-order valence-electron chi connectivity index (χ1n) is 9.47. The van der Waals surface area contributed by atoms with E-state index in [0.717, 1.165) is 25.8 Å². The van der Waals surface area contributed by atoms with Crippen LogP contribution in [0, 0.1) is 0 Å². The van der Waals surface area contributed by atoms with Crippen molar-refractivity contribution in [2.75, 3.05) is 19.8 Å². The first-order chi connectivity index (χ1) is 12.6. The van der Waals surface area contributed by atoms with Crippen LogP contribution in [0.25, 0.3) is 0 Å². The third-order valence-electron chi connectivity index (χ3n) is 4.58. The highest BCUT2D eigenvalue weighted by molar-refractivity contribution is 5.76. The molecule has 1 unspecified atom stereocenters. The van der Waals surface area contributed by atoms with Crippen molar-refractivity contribution in [2.45, 2.75) is 57.9 Å². The van der Waals surface area contributed by atoms with Crippen molar-refractivity contribution in [2.24, 2.45) is 0 Å². The van der Waals surface area contributed by atoms with Crippen molar-refractivity contribution in [3.8, 4) is 11.5 Å². The quantitative estimate of drug-likeness (QED) is 0.644. The largest absolute Gasteiger partial charge is 0.490 e. The summed E-state index contributed by atoms with van der Waals surface area (Å²) in [4.78, 5) is 25.2. The molecule has 144 valence electrons. The summed E-state index contributed by atoms with van der Waals surface area (Å²) in [5, 5.41) is 8.88. The Morgan fingerprint density at radius 2 is 1.88 bits per heavy atom. The molecular formula is C20H29NO5. The molecule has 1 heterocycles. The molecule has 0 aliphatic carbocycles. The van der Waals surface area contributed by atoms with Crippen molar-refractivity contribution < 1.29 is 24.2 Å². The van der Waals surface area contributed by atoms with Crippen LogP contribution < -0.4 is 9.47 Å². The number of carboxylic acids is 1. The maximum absolute atomic E-state index is 12.5. The molecule has 0 saturated carbocycles. The topological polar surface area (TPSA) is 76.1 Å². The zero-order valence-electron chi connectivity index (χ0n) is 15.5. The molecule has 1 aliphatic heterocycles. The van der Waals surface area contributed by atoms with E-state index in [1.165, 1.54) is 0 Å². The van der Waals surface area contributed by atoms with Crippen LogP contribution in [0.2, 0.25) is 0 Å². The Labute approximate surface area is 155 Å². The van der Waals surface area contributed by atoms with Gasteiger partial charge in [0.2, 0.25) is 5.91 Å². The predicted molar refractivity (Wildman–Crippen MR) is 98.6 cm³/mol. The summed E-state index contributed by atoms with van der Waals surface area (Å²) >= 11 is 0. The number of para-hydroxylation sites is 2. The number of piperidine rings is 1. The number of hydrogen-bond acceptors (Lipinski definition) is 4. The van der Waals surface area contributed by atoms with E-state index >= 15 is 0 Å². The number of nitrogens with zero attached hydrogens (tertiary/aromatic N) is 1. The fourth-order valence-corrected chi connectivity index (χ4v) is 3.31. The molecule has 1 aliphatic rings. The summed E-state index contributed by atoms with van der Waals surface area (Å²) in [5.41, 5.74) is 0. The fourth-order valence-electron chi connectivity index (χ4n) is 3.31. The number of ether oxygens (including phenoxy) is 2. The molecule has 6 nitrogen and oxygen atoms in total. The second-order valence-corrected chi connectivity index (χ2v) is 6.50. The lowest BCUT2D eigenvalue weighted by Crippen LogP contribution is -2.44. The highest BCUT2D eigenvalue weighted by Crippen LogP contribution is 2.27. The molecule has 0 bridgehead atoms. The fraction of sp³-hybridized carbons (Fsp3) is 0.600. The zero-order valence-corrected chi connectivity index (χ0v) is 15.5. The second-order valence-electron chi connectivity index (χ2n) is 6.50. The first kappa shape index (κ1) is 20.1. The minimum Gasteiger partial charge on any atom is -0.490 e. The monoisotopic (exact) mass is 363 g/mol. The average Bonchev–Trinajstić information content (AvgIpc) is 2.65. The lowest BCUT2D eigenvalue weighted by atomic mass is 9.97. The number of carbonyl (C=O) groups excluding carboxylic acids is 1.